The quantitative estimate of drug-likeness (QED) is 0.851. The number of hydrogen-bond acceptors (Lipinski definition) is 1. The Labute approximate surface area is 114 Å². The van der Waals surface area contributed by atoms with E-state index >= 15 is 0 Å². The molecule has 0 radical (unpaired) electrons. The smallest absolute Gasteiger partial charge is 0.0939 e. The highest BCUT2D eigenvalue weighted by Crippen LogP contribution is 2.37. The first-order valence-electron chi connectivity index (χ1n) is 5.75. The number of hydrogen-bond donors (Lipinski definition) is 1. The fourth-order valence-corrected chi connectivity index (χ4v) is 2.67. The molecule has 1 heterocycles. The Morgan fingerprint density at radius 3 is 2.82 bits per heavy atom. The molecule has 0 saturated heterocycles. The minimum Gasteiger partial charge on any atom is -0.282 e. The second kappa shape index (κ2) is 4.46. The molecular formula is C13H12BrClN2. The van der Waals surface area contributed by atoms with Gasteiger partial charge >= 0.3 is 0 Å². The van der Waals surface area contributed by atoms with E-state index in [1.54, 1.807) is 0 Å². The third kappa shape index (κ3) is 2.14. The lowest BCUT2D eigenvalue weighted by Crippen LogP contribution is -2.08. The maximum Gasteiger partial charge on any atom is 0.0939 e. The van der Waals surface area contributed by atoms with Crippen LogP contribution in [0.25, 0.3) is 11.3 Å². The summed E-state index contributed by atoms with van der Waals surface area (Å²) in [5.41, 5.74) is 3.14. The molecule has 0 spiro atoms. The summed E-state index contributed by atoms with van der Waals surface area (Å²) in [5, 5.41) is 8.23. The van der Waals surface area contributed by atoms with Gasteiger partial charge in [-0.15, -0.1) is 0 Å². The Bertz CT molecular complexity index is 546. The van der Waals surface area contributed by atoms with Crippen molar-refractivity contribution < 1.29 is 0 Å². The summed E-state index contributed by atoms with van der Waals surface area (Å²) >= 11 is 9.65. The van der Waals surface area contributed by atoms with Crippen LogP contribution in [-0.2, 0) is 0 Å². The van der Waals surface area contributed by atoms with Gasteiger partial charge in [-0.25, -0.2) is 0 Å². The van der Waals surface area contributed by atoms with Crippen molar-refractivity contribution in [1.82, 2.24) is 10.2 Å². The molecule has 88 valence electrons. The monoisotopic (exact) mass is 310 g/mol. The van der Waals surface area contributed by atoms with Gasteiger partial charge in [0.2, 0.25) is 0 Å². The summed E-state index contributed by atoms with van der Waals surface area (Å²) in [5.74, 6) is 0.669. The van der Waals surface area contributed by atoms with E-state index in [2.05, 4.69) is 32.2 Å². The molecular weight excluding hydrogens is 300 g/mol. The molecule has 17 heavy (non-hydrogen) atoms. The zero-order valence-corrected chi connectivity index (χ0v) is 11.6. The van der Waals surface area contributed by atoms with Gasteiger partial charge in [0.15, 0.2) is 0 Å². The first kappa shape index (κ1) is 11.3. The molecule has 3 rings (SSSR count). The largest absolute Gasteiger partial charge is 0.282 e. The molecule has 1 aromatic heterocycles. The van der Waals surface area contributed by atoms with Crippen molar-refractivity contribution in [2.45, 2.75) is 25.2 Å². The average Bonchev–Trinajstić information content (AvgIpc) is 2.68. The van der Waals surface area contributed by atoms with Crippen LogP contribution in [0.3, 0.4) is 0 Å². The number of benzene rings is 1. The number of nitrogens with one attached hydrogen (secondary N) is 1. The van der Waals surface area contributed by atoms with Crippen LogP contribution < -0.4 is 0 Å². The molecule has 2 nitrogen and oxygen atoms in total. The lowest BCUT2D eigenvalue weighted by Gasteiger charge is -2.23. The van der Waals surface area contributed by atoms with Gasteiger partial charge in [0.05, 0.1) is 10.7 Å². The molecule has 2 aromatic rings. The Balaban J connectivity index is 1.97. The summed E-state index contributed by atoms with van der Waals surface area (Å²) in [6.07, 6.45) is 3.87. The summed E-state index contributed by atoms with van der Waals surface area (Å²) < 4.78 is 1.02. The van der Waals surface area contributed by atoms with Crippen LogP contribution in [0.15, 0.2) is 28.7 Å². The van der Waals surface area contributed by atoms with Crippen LogP contribution in [0.2, 0.25) is 5.02 Å². The van der Waals surface area contributed by atoms with Gasteiger partial charge in [-0.05, 0) is 37.1 Å². The van der Waals surface area contributed by atoms with Crippen molar-refractivity contribution in [3.05, 3.63) is 39.5 Å². The molecule has 1 aromatic carbocycles. The standard InChI is InChI=1S/C13H12BrClN2/c14-9-4-5-11(15)10(6-9)13-7-12(16-17-13)8-2-1-3-8/h4-8H,1-3H2,(H,16,17). The van der Waals surface area contributed by atoms with Crippen LogP contribution >= 0.6 is 27.5 Å². The molecule has 1 aliphatic carbocycles. The zero-order chi connectivity index (χ0) is 11.8. The van der Waals surface area contributed by atoms with Crippen LogP contribution in [0.1, 0.15) is 30.9 Å². The highest BCUT2D eigenvalue weighted by atomic mass is 79.9. The Kier molecular flexibility index (Phi) is 2.97. The van der Waals surface area contributed by atoms with E-state index in [1.165, 1.54) is 25.0 Å². The van der Waals surface area contributed by atoms with Crippen LogP contribution in [-0.4, -0.2) is 10.2 Å². The number of aromatic nitrogens is 2. The van der Waals surface area contributed by atoms with Crippen LogP contribution in [0.5, 0.6) is 0 Å². The van der Waals surface area contributed by atoms with Gasteiger partial charge in [0.1, 0.15) is 0 Å². The molecule has 4 heteroatoms. The number of H-pyrrole nitrogens is 1. The van der Waals surface area contributed by atoms with Gasteiger partial charge in [-0.1, -0.05) is 34.0 Å². The van der Waals surface area contributed by atoms with Crippen molar-refractivity contribution in [3.8, 4) is 11.3 Å². The molecule has 1 aliphatic rings. The highest BCUT2D eigenvalue weighted by molar-refractivity contribution is 9.10. The second-order valence-electron chi connectivity index (χ2n) is 4.46. The van der Waals surface area contributed by atoms with E-state index in [0.717, 1.165) is 20.8 Å². The van der Waals surface area contributed by atoms with Crippen molar-refractivity contribution in [2.75, 3.05) is 0 Å². The van der Waals surface area contributed by atoms with Gasteiger partial charge in [0.25, 0.3) is 0 Å². The van der Waals surface area contributed by atoms with Crippen molar-refractivity contribution in [1.29, 1.82) is 0 Å². The number of halogens is 2. The molecule has 0 aliphatic heterocycles. The molecule has 0 atom stereocenters. The van der Waals surface area contributed by atoms with E-state index in [4.69, 9.17) is 11.6 Å². The molecule has 0 bridgehead atoms. The van der Waals surface area contributed by atoms with E-state index in [9.17, 15) is 0 Å². The molecule has 0 amide bonds. The van der Waals surface area contributed by atoms with Gasteiger partial charge in [-0.3, -0.25) is 5.10 Å². The van der Waals surface area contributed by atoms with Gasteiger partial charge in [0, 0.05) is 21.6 Å². The van der Waals surface area contributed by atoms with Gasteiger partial charge < -0.3 is 0 Å². The topological polar surface area (TPSA) is 28.7 Å². The maximum absolute atomic E-state index is 6.19. The van der Waals surface area contributed by atoms with Crippen LogP contribution in [0.4, 0.5) is 0 Å². The second-order valence-corrected chi connectivity index (χ2v) is 5.78. The Morgan fingerprint density at radius 1 is 1.29 bits per heavy atom. The van der Waals surface area contributed by atoms with Crippen molar-refractivity contribution in [3.63, 3.8) is 0 Å². The fraction of sp³-hybridized carbons (Fsp3) is 0.308. The summed E-state index contributed by atoms with van der Waals surface area (Å²) in [4.78, 5) is 0. The summed E-state index contributed by atoms with van der Waals surface area (Å²) in [6.45, 7) is 0. The zero-order valence-electron chi connectivity index (χ0n) is 9.21. The minimum atomic E-state index is 0.669. The maximum atomic E-state index is 6.19. The predicted molar refractivity (Wildman–Crippen MR) is 73.3 cm³/mol. The Morgan fingerprint density at radius 2 is 2.12 bits per heavy atom. The van der Waals surface area contributed by atoms with E-state index in [1.807, 2.05) is 18.2 Å². The first-order chi connectivity index (χ1) is 8.24. The number of rotatable bonds is 2. The lowest BCUT2D eigenvalue weighted by molar-refractivity contribution is 0.410. The fourth-order valence-electron chi connectivity index (χ4n) is 2.10. The average molecular weight is 312 g/mol. The van der Waals surface area contributed by atoms with E-state index in [0.29, 0.717) is 5.92 Å². The number of nitrogens with zero attached hydrogens (tertiary/aromatic N) is 1. The summed E-state index contributed by atoms with van der Waals surface area (Å²) in [7, 11) is 0. The van der Waals surface area contributed by atoms with Gasteiger partial charge in [-0.2, -0.15) is 5.10 Å². The third-order valence-electron chi connectivity index (χ3n) is 3.35. The molecule has 1 fully saturated rings. The lowest BCUT2D eigenvalue weighted by atomic mass is 9.83. The summed E-state index contributed by atoms with van der Waals surface area (Å²) in [6, 6.07) is 7.95. The van der Waals surface area contributed by atoms with Crippen LogP contribution in [0, 0.1) is 0 Å². The highest BCUT2D eigenvalue weighted by Gasteiger charge is 2.22. The first-order valence-corrected chi connectivity index (χ1v) is 6.92. The SMILES string of the molecule is Clc1ccc(Br)cc1-c1cc(C2CCC2)[nH]n1. The predicted octanol–water partition coefficient (Wildman–Crippen LogP) is 4.76. The number of aromatic amines is 1. The molecule has 1 N–H and O–H groups in total. The molecule has 0 unspecified atom stereocenters. The minimum absolute atomic E-state index is 0.669. The Hall–Kier alpha value is -0.800. The van der Waals surface area contributed by atoms with E-state index < -0.39 is 0 Å². The normalized spacial score (nSPS) is 15.9. The van der Waals surface area contributed by atoms with Crippen molar-refractivity contribution >= 4 is 27.5 Å². The van der Waals surface area contributed by atoms with E-state index in [-0.39, 0.29) is 0 Å². The van der Waals surface area contributed by atoms with Crippen molar-refractivity contribution in [2.24, 2.45) is 0 Å². The third-order valence-corrected chi connectivity index (χ3v) is 4.17. The molecule has 1 saturated carbocycles.